The van der Waals surface area contributed by atoms with Crippen molar-refractivity contribution in [1.29, 1.82) is 0 Å². The summed E-state index contributed by atoms with van der Waals surface area (Å²) in [5, 5.41) is 2.62. The van der Waals surface area contributed by atoms with E-state index in [0.29, 0.717) is 5.92 Å². The summed E-state index contributed by atoms with van der Waals surface area (Å²) in [4.78, 5) is 25.0. The minimum absolute atomic E-state index is 0.0181. The predicted octanol–water partition coefficient (Wildman–Crippen LogP) is 0.914. The summed E-state index contributed by atoms with van der Waals surface area (Å²) in [6.45, 7) is 2.76. The van der Waals surface area contributed by atoms with Crippen molar-refractivity contribution in [3.63, 3.8) is 0 Å². The van der Waals surface area contributed by atoms with Gasteiger partial charge in [-0.15, -0.1) is 0 Å². The van der Waals surface area contributed by atoms with Crippen LogP contribution in [0.2, 0.25) is 0 Å². The van der Waals surface area contributed by atoms with E-state index < -0.39 is 0 Å². The van der Waals surface area contributed by atoms with E-state index in [2.05, 4.69) is 5.32 Å². The summed E-state index contributed by atoms with van der Waals surface area (Å²) in [7, 11) is 0. The van der Waals surface area contributed by atoms with Crippen LogP contribution in [0, 0.1) is 5.92 Å². The van der Waals surface area contributed by atoms with Crippen molar-refractivity contribution in [3.05, 3.63) is 0 Å². The van der Waals surface area contributed by atoms with E-state index in [-0.39, 0.29) is 24.4 Å². The van der Waals surface area contributed by atoms with Crippen molar-refractivity contribution in [3.8, 4) is 0 Å². The molecule has 1 unspecified atom stereocenters. The summed E-state index contributed by atoms with van der Waals surface area (Å²) < 4.78 is 0. The molecule has 1 aliphatic heterocycles. The molecule has 2 amide bonds. The lowest BCUT2D eigenvalue weighted by molar-refractivity contribution is -0.145. The second-order valence-electron chi connectivity index (χ2n) is 4.94. The van der Waals surface area contributed by atoms with E-state index in [1.807, 2.05) is 6.92 Å². The van der Waals surface area contributed by atoms with Crippen LogP contribution in [0.1, 0.15) is 39.0 Å². The Balaban J connectivity index is 1.95. The highest BCUT2D eigenvalue weighted by molar-refractivity contribution is 5.94. The summed E-state index contributed by atoms with van der Waals surface area (Å²) in [5.41, 5.74) is 0. The van der Waals surface area contributed by atoms with Gasteiger partial charge in [0.15, 0.2) is 0 Å². The molecule has 1 aliphatic carbocycles. The molecule has 0 spiro atoms. The smallest absolute Gasteiger partial charge is 0.242 e. The topological polar surface area (TPSA) is 49.4 Å². The van der Waals surface area contributed by atoms with Crippen LogP contribution in [0.15, 0.2) is 0 Å². The van der Waals surface area contributed by atoms with Gasteiger partial charge in [-0.25, -0.2) is 0 Å². The molecule has 0 aromatic carbocycles. The summed E-state index contributed by atoms with van der Waals surface area (Å²) in [5.74, 6) is 0.652. The normalized spacial score (nSPS) is 28.1. The summed E-state index contributed by atoms with van der Waals surface area (Å²) in [6.07, 6.45) is 6.28. The second-order valence-corrected chi connectivity index (χ2v) is 4.94. The van der Waals surface area contributed by atoms with Crippen LogP contribution in [-0.4, -0.2) is 35.8 Å². The zero-order valence-electron chi connectivity index (χ0n) is 9.87. The quantitative estimate of drug-likeness (QED) is 0.758. The number of piperazine rings is 1. The fraction of sp³-hybridized carbons (Fsp3) is 0.833. The molecule has 0 aromatic rings. The maximum Gasteiger partial charge on any atom is 0.242 e. The first-order valence-corrected chi connectivity index (χ1v) is 6.25. The number of carbonyl (C=O) groups is 2. The Morgan fingerprint density at radius 3 is 2.62 bits per heavy atom. The van der Waals surface area contributed by atoms with Crippen LogP contribution >= 0.6 is 0 Å². The standard InChI is InChI=1S/C12H20N2O2/c1-9-12(16)13-7-11(15)14(9)8-10-5-3-2-4-6-10/h9-10H,2-8H2,1H3,(H,13,16). The van der Waals surface area contributed by atoms with Crippen LogP contribution < -0.4 is 5.32 Å². The van der Waals surface area contributed by atoms with Crippen molar-refractivity contribution in [2.24, 2.45) is 5.92 Å². The SMILES string of the molecule is CC1C(=O)NCC(=O)N1CC1CCCCC1. The molecular weight excluding hydrogens is 204 g/mol. The van der Waals surface area contributed by atoms with E-state index in [0.717, 1.165) is 6.54 Å². The third-order valence-corrected chi connectivity index (χ3v) is 3.76. The molecule has 2 aliphatic rings. The molecule has 0 aromatic heterocycles. The van der Waals surface area contributed by atoms with Crippen molar-refractivity contribution < 1.29 is 9.59 Å². The highest BCUT2D eigenvalue weighted by Gasteiger charge is 2.32. The van der Waals surface area contributed by atoms with Crippen LogP contribution in [0.3, 0.4) is 0 Å². The molecule has 90 valence electrons. The Morgan fingerprint density at radius 2 is 1.94 bits per heavy atom. The number of rotatable bonds is 2. The molecule has 16 heavy (non-hydrogen) atoms. The van der Waals surface area contributed by atoms with E-state index in [1.54, 1.807) is 4.90 Å². The highest BCUT2D eigenvalue weighted by atomic mass is 16.2. The zero-order valence-corrected chi connectivity index (χ0v) is 9.87. The van der Waals surface area contributed by atoms with E-state index >= 15 is 0 Å². The fourth-order valence-electron chi connectivity index (χ4n) is 2.68. The van der Waals surface area contributed by atoms with Gasteiger partial charge in [0.2, 0.25) is 11.8 Å². The van der Waals surface area contributed by atoms with Gasteiger partial charge in [0, 0.05) is 6.54 Å². The molecule has 0 bridgehead atoms. The van der Waals surface area contributed by atoms with Gasteiger partial charge in [0.1, 0.15) is 6.04 Å². The van der Waals surface area contributed by atoms with Crippen molar-refractivity contribution in [2.75, 3.05) is 13.1 Å². The van der Waals surface area contributed by atoms with Crippen LogP contribution in [-0.2, 0) is 9.59 Å². The zero-order chi connectivity index (χ0) is 11.5. The third-order valence-electron chi connectivity index (χ3n) is 3.76. The molecule has 4 heteroatoms. The number of nitrogens with one attached hydrogen (secondary N) is 1. The number of hydrogen-bond donors (Lipinski definition) is 1. The van der Waals surface area contributed by atoms with Gasteiger partial charge in [-0.2, -0.15) is 0 Å². The largest absolute Gasteiger partial charge is 0.345 e. The lowest BCUT2D eigenvalue weighted by Crippen LogP contribution is -2.58. The first kappa shape index (κ1) is 11.4. The number of nitrogens with zero attached hydrogens (tertiary/aromatic N) is 1. The Morgan fingerprint density at radius 1 is 1.25 bits per heavy atom. The Hall–Kier alpha value is -1.06. The third kappa shape index (κ3) is 2.36. The molecule has 1 N–H and O–H groups in total. The summed E-state index contributed by atoms with van der Waals surface area (Å²) in [6, 6.07) is -0.289. The highest BCUT2D eigenvalue weighted by Crippen LogP contribution is 2.25. The predicted molar refractivity (Wildman–Crippen MR) is 60.8 cm³/mol. The molecular formula is C12H20N2O2. The van der Waals surface area contributed by atoms with E-state index in [1.165, 1.54) is 32.1 Å². The van der Waals surface area contributed by atoms with Gasteiger partial charge in [-0.1, -0.05) is 19.3 Å². The Bertz CT molecular complexity index is 285. The van der Waals surface area contributed by atoms with Gasteiger partial charge < -0.3 is 10.2 Å². The van der Waals surface area contributed by atoms with E-state index in [4.69, 9.17) is 0 Å². The molecule has 1 saturated heterocycles. The maximum absolute atomic E-state index is 11.7. The maximum atomic E-state index is 11.7. The molecule has 1 saturated carbocycles. The van der Waals surface area contributed by atoms with Gasteiger partial charge >= 0.3 is 0 Å². The molecule has 4 nitrogen and oxygen atoms in total. The molecule has 2 rings (SSSR count). The lowest BCUT2D eigenvalue weighted by atomic mass is 9.88. The minimum atomic E-state index is -0.289. The van der Waals surface area contributed by atoms with Gasteiger partial charge in [0.05, 0.1) is 6.54 Å². The molecule has 1 atom stereocenters. The minimum Gasteiger partial charge on any atom is -0.345 e. The average molecular weight is 224 g/mol. The lowest BCUT2D eigenvalue weighted by Gasteiger charge is -2.36. The monoisotopic (exact) mass is 224 g/mol. The van der Waals surface area contributed by atoms with Gasteiger partial charge in [-0.05, 0) is 25.7 Å². The molecule has 2 fully saturated rings. The fourth-order valence-corrected chi connectivity index (χ4v) is 2.68. The first-order valence-electron chi connectivity index (χ1n) is 6.25. The summed E-state index contributed by atoms with van der Waals surface area (Å²) >= 11 is 0. The Kier molecular flexibility index (Phi) is 3.46. The van der Waals surface area contributed by atoms with Gasteiger partial charge in [-0.3, -0.25) is 9.59 Å². The molecule has 0 radical (unpaired) electrons. The van der Waals surface area contributed by atoms with Crippen LogP contribution in [0.4, 0.5) is 0 Å². The van der Waals surface area contributed by atoms with Gasteiger partial charge in [0.25, 0.3) is 0 Å². The van der Waals surface area contributed by atoms with E-state index in [9.17, 15) is 9.59 Å². The Labute approximate surface area is 96.4 Å². The molecule has 1 heterocycles. The second kappa shape index (κ2) is 4.85. The van der Waals surface area contributed by atoms with Crippen LogP contribution in [0.25, 0.3) is 0 Å². The number of hydrogen-bond acceptors (Lipinski definition) is 2. The number of amides is 2. The van der Waals surface area contributed by atoms with Crippen molar-refractivity contribution >= 4 is 11.8 Å². The van der Waals surface area contributed by atoms with Crippen LogP contribution in [0.5, 0.6) is 0 Å². The average Bonchev–Trinajstić information content (AvgIpc) is 2.31. The van der Waals surface area contributed by atoms with Crippen molar-refractivity contribution in [1.82, 2.24) is 10.2 Å². The van der Waals surface area contributed by atoms with Crippen molar-refractivity contribution in [2.45, 2.75) is 45.1 Å². The first-order chi connectivity index (χ1) is 7.68. The number of carbonyl (C=O) groups excluding carboxylic acids is 2.